The van der Waals surface area contributed by atoms with Gasteiger partial charge in [0.1, 0.15) is 0 Å². The number of hydrogen-bond acceptors (Lipinski definition) is 2. The summed E-state index contributed by atoms with van der Waals surface area (Å²) in [5.74, 6) is 0.242. The molecule has 0 aliphatic carbocycles. The highest BCUT2D eigenvalue weighted by atomic mass is 32.1. The van der Waals surface area contributed by atoms with Crippen molar-refractivity contribution in [1.29, 1.82) is 0 Å². The molecule has 4 heteroatoms. The van der Waals surface area contributed by atoms with Crippen molar-refractivity contribution in [3.05, 3.63) is 0 Å². The Bertz CT molecular complexity index is 219. The van der Waals surface area contributed by atoms with Crippen molar-refractivity contribution in [3.63, 3.8) is 0 Å². The first-order valence-corrected chi connectivity index (χ1v) is 6.58. The van der Waals surface area contributed by atoms with E-state index in [0.717, 1.165) is 32.2 Å². The van der Waals surface area contributed by atoms with Gasteiger partial charge in [-0.3, -0.25) is 4.79 Å². The smallest absolute Gasteiger partial charge is 0.222 e. The quantitative estimate of drug-likeness (QED) is 0.634. The van der Waals surface area contributed by atoms with E-state index >= 15 is 0 Å². The summed E-state index contributed by atoms with van der Waals surface area (Å²) in [5, 5.41) is 0. The summed E-state index contributed by atoms with van der Waals surface area (Å²) >= 11 is 4.84. The molecule has 0 saturated carbocycles. The van der Waals surface area contributed by atoms with E-state index in [1.807, 2.05) is 4.90 Å². The van der Waals surface area contributed by atoms with Crippen LogP contribution in [0.25, 0.3) is 0 Å². The van der Waals surface area contributed by atoms with Crippen molar-refractivity contribution in [3.8, 4) is 0 Å². The van der Waals surface area contributed by atoms with Gasteiger partial charge in [0.25, 0.3) is 0 Å². The molecule has 0 fully saturated rings. The average Bonchev–Trinajstić information content (AvgIpc) is 2.25. The van der Waals surface area contributed by atoms with Gasteiger partial charge >= 0.3 is 0 Å². The first-order chi connectivity index (χ1) is 7.61. The molecule has 0 aliphatic heterocycles. The molecule has 0 spiro atoms. The van der Waals surface area contributed by atoms with Crippen molar-refractivity contribution in [1.82, 2.24) is 4.90 Å². The number of nitrogens with two attached hydrogens (primary N) is 1. The van der Waals surface area contributed by atoms with Gasteiger partial charge in [0.15, 0.2) is 0 Å². The van der Waals surface area contributed by atoms with Gasteiger partial charge in [-0.05, 0) is 12.8 Å². The predicted molar refractivity (Wildman–Crippen MR) is 72.4 cm³/mol. The van der Waals surface area contributed by atoms with E-state index in [2.05, 4.69) is 13.8 Å². The summed E-state index contributed by atoms with van der Waals surface area (Å²) in [6.45, 7) is 5.74. The standard InChI is InChI=1S/C12H24N2OS/c1-3-5-7-12(15)14(9-6-4-2)10-8-11(13)16/h3-10H2,1-2H3,(H2,13,16). The molecule has 2 N–H and O–H groups in total. The normalized spacial score (nSPS) is 10.1. The molecule has 0 saturated heterocycles. The fourth-order valence-corrected chi connectivity index (χ4v) is 1.53. The van der Waals surface area contributed by atoms with Crippen molar-refractivity contribution in [2.75, 3.05) is 13.1 Å². The number of hydrogen-bond donors (Lipinski definition) is 1. The van der Waals surface area contributed by atoms with E-state index in [1.54, 1.807) is 0 Å². The van der Waals surface area contributed by atoms with E-state index in [-0.39, 0.29) is 5.91 Å². The fourth-order valence-electron chi connectivity index (χ4n) is 1.44. The van der Waals surface area contributed by atoms with Crippen LogP contribution in [-0.4, -0.2) is 28.9 Å². The van der Waals surface area contributed by atoms with Crippen molar-refractivity contribution in [2.24, 2.45) is 5.73 Å². The maximum absolute atomic E-state index is 11.9. The molecule has 0 aliphatic rings. The van der Waals surface area contributed by atoms with Gasteiger partial charge in [-0.1, -0.05) is 38.9 Å². The van der Waals surface area contributed by atoms with Gasteiger partial charge < -0.3 is 10.6 Å². The molecule has 1 amide bonds. The molecule has 0 bridgehead atoms. The highest BCUT2D eigenvalue weighted by Gasteiger charge is 2.12. The SMILES string of the molecule is CCCCC(=O)N(CCCC)CCC(N)=S. The Labute approximate surface area is 104 Å². The Morgan fingerprint density at radius 1 is 1.12 bits per heavy atom. The molecule has 94 valence electrons. The van der Waals surface area contributed by atoms with Crippen LogP contribution in [-0.2, 0) is 4.79 Å². The van der Waals surface area contributed by atoms with Crippen molar-refractivity contribution >= 4 is 23.1 Å². The third kappa shape index (κ3) is 7.63. The Hall–Kier alpha value is -0.640. The number of carbonyl (C=O) groups excluding carboxylic acids is 1. The van der Waals surface area contributed by atoms with Gasteiger partial charge in [-0.25, -0.2) is 0 Å². The Morgan fingerprint density at radius 3 is 2.25 bits per heavy atom. The van der Waals surface area contributed by atoms with E-state index in [1.165, 1.54) is 0 Å². The third-order valence-electron chi connectivity index (χ3n) is 2.51. The van der Waals surface area contributed by atoms with E-state index < -0.39 is 0 Å². The zero-order valence-corrected chi connectivity index (χ0v) is 11.3. The van der Waals surface area contributed by atoms with Crippen LogP contribution in [0, 0.1) is 0 Å². The summed E-state index contributed by atoms with van der Waals surface area (Å²) in [4.78, 5) is 14.3. The van der Waals surface area contributed by atoms with E-state index in [9.17, 15) is 4.79 Å². The second-order valence-corrected chi connectivity index (χ2v) is 4.58. The van der Waals surface area contributed by atoms with Gasteiger partial charge in [0.05, 0.1) is 4.99 Å². The van der Waals surface area contributed by atoms with Gasteiger partial charge in [0, 0.05) is 25.9 Å². The monoisotopic (exact) mass is 244 g/mol. The Balaban J connectivity index is 4.06. The van der Waals surface area contributed by atoms with Crippen LogP contribution in [0.3, 0.4) is 0 Å². The summed E-state index contributed by atoms with van der Waals surface area (Å²) in [7, 11) is 0. The molecule has 0 aromatic carbocycles. The second kappa shape index (κ2) is 9.58. The number of amides is 1. The largest absolute Gasteiger partial charge is 0.393 e. The number of nitrogens with zero attached hydrogens (tertiary/aromatic N) is 1. The number of carbonyl (C=O) groups is 1. The highest BCUT2D eigenvalue weighted by Crippen LogP contribution is 2.04. The number of rotatable bonds is 9. The maximum atomic E-state index is 11.9. The average molecular weight is 244 g/mol. The van der Waals surface area contributed by atoms with Crippen LogP contribution in [0.4, 0.5) is 0 Å². The molecule has 0 rings (SSSR count). The third-order valence-corrected chi connectivity index (χ3v) is 2.71. The molecule has 0 unspecified atom stereocenters. The Kier molecular flexibility index (Phi) is 9.19. The first kappa shape index (κ1) is 15.4. The van der Waals surface area contributed by atoms with Crippen LogP contribution in [0.5, 0.6) is 0 Å². The Morgan fingerprint density at radius 2 is 1.75 bits per heavy atom. The summed E-state index contributed by atoms with van der Waals surface area (Å²) in [6, 6.07) is 0. The lowest BCUT2D eigenvalue weighted by molar-refractivity contribution is -0.131. The molecule has 16 heavy (non-hydrogen) atoms. The van der Waals surface area contributed by atoms with Crippen LogP contribution >= 0.6 is 12.2 Å². The zero-order chi connectivity index (χ0) is 12.4. The molecule has 0 radical (unpaired) electrons. The van der Waals surface area contributed by atoms with Crippen LogP contribution in [0.1, 0.15) is 52.4 Å². The minimum Gasteiger partial charge on any atom is -0.393 e. The van der Waals surface area contributed by atoms with Gasteiger partial charge in [-0.15, -0.1) is 0 Å². The van der Waals surface area contributed by atoms with Crippen LogP contribution < -0.4 is 5.73 Å². The molecule has 0 heterocycles. The highest BCUT2D eigenvalue weighted by molar-refractivity contribution is 7.80. The lowest BCUT2D eigenvalue weighted by atomic mass is 10.2. The zero-order valence-electron chi connectivity index (χ0n) is 10.5. The predicted octanol–water partition coefficient (Wildman–Crippen LogP) is 2.48. The lowest BCUT2D eigenvalue weighted by Gasteiger charge is -2.22. The summed E-state index contributed by atoms with van der Waals surface area (Å²) < 4.78 is 0. The minimum atomic E-state index is 0.242. The van der Waals surface area contributed by atoms with Crippen molar-refractivity contribution in [2.45, 2.75) is 52.4 Å². The second-order valence-electron chi connectivity index (χ2n) is 4.05. The topological polar surface area (TPSA) is 46.3 Å². The number of unbranched alkanes of at least 4 members (excludes halogenated alkanes) is 2. The molecule has 3 nitrogen and oxygen atoms in total. The van der Waals surface area contributed by atoms with E-state index in [0.29, 0.717) is 24.4 Å². The number of thiocarbonyl (C=S) groups is 1. The minimum absolute atomic E-state index is 0.242. The van der Waals surface area contributed by atoms with Crippen LogP contribution in [0.15, 0.2) is 0 Å². The summed E-state index contributed by atoms with van der Waals surface area (Å²) in [5.41, 5.74) is 5.46. The summed E-state index contributed by atoms with van der Waals surface area (Å²) in [6.07, 6.45) is 5.46. The van der Waals surface area contributed by atoms with Gasteiger partial charge in [-0.2, -0.15) is 0 Å². The molecular weight excluding hydrogens is 220 g/mol. The van der Waals surface area contributed by atoms with Gasteiger partial charge in [0.2, 0.25) is 5.91 Å². The fraction of sp³-hybridized carbons (Fsp3) is 0.833. The molecule has 0 aromatic heterocycles. The molecular formula is C12H24N2OS. The van der Waals surface area contributed by atoms with Crippen molar-refractivity contribution < 1.29 is 4.79 Å². The first-order valence-electron chi connectivity index (χ1n) is 6.17. The maximum Gasteiger partial charge on any atom is 0.222 e. The molecule has 0 atom stereocenters. The van der Waals surface area contributed by atoms with Crippen LogP contribution in [0.2, 0.25) is 0 Å². The molecule has 0 aromatic rings. The lowest BCUT2D eigenvalue weighted by Crippen LogP contribution is -2.34. The van der Waals surface area contributed by atoms with E-state index in [4.69, 9.17) is 18.0 Å².